The van der Waals surface area contributed by atoms with Crippen molar-refractivity contribution in [1.29, 1.82) is 0 Å². The van der Waals surface area contributed by atoms with Crippen LogP contribution in [-0.4, -0.2) is 28.9 Å². The first kappa shape index (κ1) is 13.8. The van der Waals surface area contributed by atoms with Crippen LogP contribution in [0.3, 0.4) is 0 Å². The number of amides is 1. The number of rotatable bonds is 3. The molecule has 1 fully saturated rings. The number of likely N-dealkylation sites (tertiary alicyclic amines) is 1. The van der Waals surface area contributed by atoms with Crippen LogP contribution in [-0.2, 0) is 11.2 Å². The first-order chi connectivity index (χ1) is 9.72. The summed E-state index contributed by atoms with van der Waals surface area (Å²) in [6, 6.07) is 8.07. The van der Waals surface area contributed by atoms with Crippen molar-refractivity contribution in [3.8, 4) is 10.6 Å². The van der Waals surface area contributed by atoms with E-state index in [0.717, 1.165) is 46.7 Å². The molecule has 1 saturated heterocycles. The molecule has 1 aliphatic heterocycles. The Morgan fingerprint density at radius 3 is 2.90 bits per heavy atom. The van der Waals surface area contributed by atoms with Crippen LogP contribution >= 0.6 is 27.3 Å². The molecule has 5 heteroatoms. The van der Waals surface area contributed by atoms with Crippen LogP contribution in [0.1, 0.15) is 18.5 Å². The standard InChI is InChI=1S/C15H15BrN2OS/c16-12-5-3-4-11(8-12)15-17-13(10-20-15)9-14(19)18-6-1-2-7-18/h3-5,8,10H,1-2,6-7,9H2. The molecule has 1 aromatic carbocycles. The van der Waals surface area contributed by atoms with Crippen LogP contribution in [0, 0.1) is 0 Å². The Kier molecular flexibility index (Phi) is 4.17. The van der Waals surface area contributed by atoms with E-state index in [1.807, 2.05) is 34.5 Å². The normalized spacial score (nSPS) is 14.8. The van der Waals surface area contributed by atoms with Crippen molar-refractivity contribution in [2.24, 2.45) is 0 Å². The summed E-state index contributed by atoms with van der Waals surface area (Å²) in [7, 11) is 0. The lowest BCUT2D eigenvalue weighted by atomic mass is 10.2. The minimum atomic E-state index is 0.202. The predicted molar refractivity (Wildman–Crippen MR) is 84.8 cm³/mol. The van der Waals surface area contributed by atoms with E-state index in [4.69, 9.17) is 0 Å². The second-order valence-corrected chi connectivity index (χ2v) is 6.69. The Hall–Kier alpha value is -1.20. The number of thiazole rings is 1. The minimum absolute atomic E-state index is 0.202. The van der Waals surface area contributed by atoms with Gasteiger partial charge in [-0.05, 0) is 25.0 Å². The number of halogens is 1. The summed E-state index contributed by atoms with van der Waals surface area (Å²) in [4.78, 5) is 18.6. The highest BCUT2D eigenvalue weighted by atomic mass is 79.9. The average molecular weight is 351 g/mol. The molecule has 0 bridgehead atoms. The number of aromatic nitrogens is 1. The van der Waals surface area contributed by atoms with Crippen LogP contribution in [0.15, 0.2) is 34.1 Å². The van der Waals surface area contributed by atoms with Gasteiger partial charge in [-0.15, -0.1) is 11.3 Å². The molecule has 2 heterocycles. The van der Waals surface area contributed by atoms with Crippen LogP contribution in [0.2, 0.25) is 0 Å². The van der Waals surface area contributed by atoms with Crippen LogP contribution in [0.5, 0.6) is 0 Å². The van der Waals surface area contributed by atoms with E-state index < -0.39 is 0 Å². The Labute approximate surface area is 130 Å². The lowest BCUT2D eigenvalue weighted by molar-refractivity contribution is -0.129. The number of carbonyl (C=O) groups excluding carboxylic acids is 1. The van der Waals surface area contributed by atoms with Gasteiger partial charge in [0.05, 0.1) is 12.1 Å². The van der Waals surface area contributed by atoms with E-state index in [2.05, 4.69) is 20.9 Å². The van der Waals surface area contributed by atoms with Gasteiger partial charge < -0.3 is 4.90 Å². The van der Waals surface area contributed by atoms with Crippen molar-refractivity contribution in [2.75, 3.05) is 13.1 Å². The molecule has 0 aliphatic carbocycles. The lowest BCUT2D eigenvalue weighted by Gasteiger charge is -2.13. The second-order valence-electron chi connectivity index (χ2n) is 4.92. The lowest BCUT2D eigenvalue weighted by Crippen LogP contribution is -2.29. The molecule has 20 heavy (non-hydrogen) atoms. The number of nitrogens with zero attached hydrogens (tertiary/aromatic N) is 2. The summed E-state index contributed by atoms with van der Waals surface area (Å²) in [6.45, 7) is 1.81. The average Bonchev–Trinajstić information content (AvgIpc) is 3.10. The van der Waals surface area contributed by atoms with Gasteiger partial charge >= 0.3 is 0 Å². The quantitative estimate of drug-likeness (QED) is 0.844. The molecule has 0 N–H and O–H groups in total. The number of carbonyl (C=O) groups is 1. The molecule has 0 radical (unpaired) electrons. The summed E-state index contributed by atoms with van der Waals surface area (Å²) >= 11 is 5.06. The fraction of sp³-hybridized carbons (Fsp3) is 0.333. The molecular weight excluding hydrogens is 336 g/mol. The van der Waals surface area contributed by atoms with E-state index in [0.29, 0.717) is 6.42 Å². The summed E-state index contributed by atoms with van der Waals surface area (Å²) in [5, 5.41) is 2.96. The van der Waals surface area contributed by atoms with Crippen molar-refractivity contribution in [3.05, 3.63) is 39.8 Å². The zero-order valence-electron chi connectivity index (χ0n) is 11.0. The van der Waals surface area contributed by atoms with E-state index in [-0.39, 0.29) is 5.91 Å². The molecule has 1 amide bonds. The smallest absolute Gasteiger partial charge is 0.228 e. The summed E-state index contributed by atoms with van der Waals surface area (Å²) in [5.41, 5.74) is 1.96. The largest absolute Gasteiger partial charge is 0.342 e. The molecule has 0 spiro atoms. The van der Waals surface area contributed by atoms with Crippen molar-refractivity contribution < 1.29 is 4.79 Å². The molecule has 104 valence electrons. The van der Waals surface area contributed by atoms with Gasteiger partial charge in [-0.25, -0.2) is 4.98 Å². The molecule has 0 saturated carbocycles. The molecule has 3 rings (SSSR count). The fourth-order valence-electron chi connectivity index (χ4n) is 2.38. The van der Waals surface area contributed by atoms with Crippen LogP contribution in [0.25, 0.3) is 10.6 Å². The third kappa shape index (κ3) is 3.10. The van der Waals surface area contributed by atoms with Crippen molar-refractivity contribution in [1.82, 2.24) is 9.88 Å². The monoisotopic (exact) mass is 350 g/mol. The molecule has 1 aliphatic rings. The van der Waals surface area contributed by atoms with E-state index >= 15 is 0 Å². The summed E-state index contributed by atoms with van der Waals surface area (Å²) in [5.74, 6) is 0.202. The Morgan fingerprint density at radius 2 is 2.15 bits per heavy atom. The van der Waals surface area contributed by atoms with Gasteiger partial charge in [-0.2, -0.15) is 0 Å². The molecule has 2 aromatic rings. The molecule has 0 unspecified atom stereocenters. The highest BCUT2D eigenvalue weighted by Crippen LogP contribution is 2.26. The van der Waals surface area contributed by atoms with E-state index in [1.165, 1.54) is 0 Å². The van der Waals surface area contributed by atoms with Gasteiger partial charge in [0.25, 0.3) is 0 Å². The zero-order chi connectivity index (χ0) is 13.9. The Balaban J connectivity index is 1.72. The molecule has 3 nitrogen and oxygen atoms in total. The minimum Gasteiger partial charge on any atom is -0.342 e. The van der Waals surface area contributed by atoms with Gasteiger partial charge in [0, 0.05) is 28.5 Å². The number of benzene rings is 1. The van der Waals surface area contributed by atoms with Crippen LogP contribution < -0.4 is 0 Å². The number of hydrogen-bond donors (Lipinski definition) is 0. The summed E-state index contributed by atoms with van der Waals surface area (Å²) < 4.78 is 1.04. The SMILES string of the molecule is O=C(Cc1csc(-c2cccc(Br)c2)n1)N1CCCC1. The van der Waals surface area contributed by atoms with Crippen LogP contribution in [0.4, 0.5) is 0 Å². The first-order valence-electron chi connectivity index (χ1n) is 6.70. The first-order valence-corrected chi connectivity index (χ1v) is 8.38. The molecular formula is C15H15BrN2OS. The predicted octanol–water partition coefficient (Wildman–Crippen LogP) is 3.74. The van der Waals surface area contributed by atoms with Gasteiger partial charge in [-0.1, -0.05) is 28.1 Å². The van der Waals surface area contributed by atoms with Crippen molar-refractivity contribution in [2.45, 2.75) is 19.3 Å². The van der Waals surface area contributed by atoms with E-state index in [9.17, 15) is 4.79 Å². The molecule has 0 atom stereocenters. The topological polar surface area (TPSA) is 33.2 Å². The number of hydrogen-bond acceptors (Lipinski definition) is 3. The van der Waals surface area contributed by atoms with Gasteiger partial charge in [0.15, 0.2) is 0 Å². The van der Waals surface area contributed by atoms with Crippen molar-refractivity contribution in [3.63, 3.8) is 0 Å². The maximum absolute atomic E-state index is 12.1. The van der Waals surface area contributed by atoms with Gasteiger partial charge in [0.2, 0.25) is 5.91 Å². The highest BCUT2D eigenvalue weighted by molar-refractivity contribution is 9.10. The zero-order valence-corrected chi connectivity index (χ0v) is 13.4. The second kappa shape index (κ2) is 6.06. The highest BCUT2D eigenvalue weighted by Gasteiger charge is 2.19. The van der Waals surface area contributed by atoms with Gasteiger partial charge in [-0.3, -0.25) is 4.79 Å². The Bertz CT molecular complexity index is 620. The third-order valence-electron chi connectivity index (χ3n) is 3.41. The maximum Gasteiger partial charge on any atom is 0.228 e. The Morgan fingerprint density at radius 1 is 1.35 bits per heavy atom. The summed E-state index contributed by atoms with van der Waals surface area (Å²) in [6.07, 6.45) is 2.68. The molecule has 1 aromatic heterocycles. The fourth-order valence-corrected chi connectivity index (χ4v) is 3.59. The maximum atomic E-state index is 12.1. The third-order valence-corrected chi connectivity index (χ3v) is 4.85. The van der Waals surface area contributed by atoms with Crippen molar-refractivity contribution >= 4 is 33.2 Å². The van der Waals surface area contributed by atoms with Gasteiger partial charge in [0.1, 0.15) is 5.01 Å². The van der Waals surface area contributed by atoms with E-state index in [1.54, 1.807) is 11.3 Å².